The zero-order chi connectivity index (χ0) is 13.0. The van der Waals surface area contributed by atoms with E-state index in [4.69, 9.17) is 4.74 Å². The number of methoxy groups -OCH3 is 1. The number of thioether (sulfide) groups is 1. The Balaban J connectivity index is 2.11. The van der Waals surface area contributed by atoms with Crippen LogP contribution >= 0.6 is 23.1 Å². The Morgan fingerprint density at radius 1 is 1.28 bits per heavy atom. The fourth-order valence-corrected chi connectivity index (χ4v) is 3.36. The van der Waals surface area contributed by atoms with Gasteiger partial charge in [-0.3, -0.25) is 0 Å². The fraction of sp³-hybridized carbons (Fsp3) is 0.333. The van der Waals surface area contributed by atoms with Crippen molar-refractivity contribution in [3.8, 4) is 5.75 Å². The summed E-state index contributed by atoms with van der Waals surface area (Å²) in [6, 6.07) is 7.75. The van der Waals surface area contributed by atoms with Crippen molar-refractivity contribution < 1.29 is 4.74 Å². The van der Waals surface area contributed by atoms with Crippen molar-refractivity contribution in [2.24, 2.45) is 0 Å². The van der Waals surface area contributed by atoms with Crippen LogP contribution in [0.4, 0.5) is 10.8 Å². The van der Waals surface area contributed by atoms with Crippen molar-refractivity contribution in [3.63, 3.8) is 0 Å². The maximum Gasteiger partial charge on any atom is 0.210 e. The zero-order valence-electron chi connectivity index (χ0n) is 10.5. The normalized spacial score (nSPS) is 10.7. The van der Waals surface area contributed by atoms with Crippen LogP contribution in [-0.2, 0) is 0 Å². The van der Waals surface area contributed by atoms with E-state index in [1.165, 1.54) is 0 Å². The first kappa shape index (κ1) is 13.2. The SMILES string of the molecule is COc1ccccc1Nc1nnc(SC(C)C)s1. The standard InChI is InChI=1S/C12H15N3OS2/c1-8(2)17-12-15-14-11(18-12)13-9-6-4-5-7-10(9)16-3/h4-8H,1-3H3,(H,13,14). The van der Waals surface area contributed by atoms with E-state index in [-0.39, 0.29) is 0 Å². The van der Waals surface area contributed by atoms with E-state index in [1.54, 1.807) is 30.2 Å². The van der Waals surface area contributed by atoms with Crippen LogP contribution in [0, 0.1) is 0 Å². The predicted molar refractivity (Wildman–Crippen MR) is 77.2 cm³/mol. The number of anilines is 2. The van der Waals surface area contributed by atoms with Crippen LogP contribution in [0.3, 0.4) is 0 Å². The number of nitrogens with one attached hydrogen (secondary N) is 1. The smallest absolute Gasteiger partial charge is 0.210 e. The van der Waals surface area contributed by atoms with Gasteiger partial charge in [0.1, 0.15) is 5.75 Å². The molecule has 2 rings (SSSR count). The van der Waals surface area contributed by atoms with E-state index in [0.717, 1.165) is 20.9 Å². The third kappa shape index (κ3) is 3.36. The summed E-state index contributed by atoms with van der Waals surface area (Å²) in [4.78, 5) is 0. The maximum absolute atomic E-state index is 5.28. The molecule has 0 aliphatic rings. The molecule has 1 aromatic carbocycles. The predicted octanol–water partition coefficient (Wildman–Crippen LogP) is 3.79. The van der Waals surface area contributed by atoms with Crippen molar-refractivity contribution in [1.82, 2.24) is 10.2 Å². The first-order valence-electron chi connectivity index (χ1n) is 5.59. The van der Waals surface area contributed by atoms with Gasteiger partial charge in [-0.1, -0.05) is 49.1 Å². The summed E-state index contributed by atoms with van der Waals surface area (Å²) in [7, 11) is 1.65. The number of aromatic nitrogens is 2. The minimum absolute atomic E-state index is 0.511. The number of rotatable bonds is 5. The van der Waals surface area contributed by atoms with Crippen LogP contribution in [0.2, 0.25) is 0 Å². The largest absolute Gasteiger partial charge is 0.495 e. The first-order valence-corrected chi connectivity index (χ1v) is 7.29. The highest BCUT2D eigenvalue weighted by atomic mass is 32.2. The number of ether oxygens (including phenoxy) is 1. The van der Waals surface area contributed by atoms with E-state index in [1.807, 2.05) is 24.3 Å². The van der Waals surface area contributed by atoms with Crippen LogP contribution in [0.5, 0.6) is 5.75 Å². The van der Waals surface area contributed by atoms with Crippen LogP contribution in [0.25, 0.3) is 0 Å². The van der Waals surface area contributed by atoms with Crippen molar-refractivity contribution in [1.29, 1.82) is 0 Å². The lowest BCUT2D eigenvalue weighted by Crippen LogP contribution is -1.93. The van der Waals surface area contributed by atoms with Gasteiger partial charge >= 0.3 is 0 Å². The zero-order valence-corrected chi connectivity index (χ0v) is 12.1. The quantitative estimate of drug-likeness (QED) is 0.845. The van der Waals surface area contributed by atoms with Crippen LogP contribution in [0.1, 0.15) is 13.8 Å². The molecule has 0 atom stereocenters. The van der Waals surface area contributed by atoms with E-state index in [2.05, 4.69) is 29.4 Å². The van der Waals surface area contributed by atoms with Gasteiger partial charge in [0.25, 0.3) is 0 Å². The minimum Gasteiger partial charge on any atom is -0.495 e. The molecule has 18 heavy (non-hydrogen) atoms. The summed E-state index contributed by atoms with van der Waals surface area (Å²) in [6.45, 7) is 4.28. The average Bonchev–Trinajstić information content (AvgIpc) is 2.76. The van der Waals surface area contributed by atoms with Crippen LogP contribution in [0.15, 0.2) is 28.6 Å². The second-order valence-electron chi connectivity index (χ2n) is 3.87. The molecule has 4 nitrogen and oxygen atoms in total. The molecule has 0 fully saturated rings. The Labute approximate surface area is 115 Å². The Kier molecular flexibility index (Phi) is 4.43. The molecule has 0 amide bonds. The van der Waals surface area contributed by atoms with Crippen molar-refractivity contribution in [3.05, 3.63) is 24.3 Å². The summed E-state index contributed by atoms with van der Waals surface area (Å²) in [5, 5.41) is 12.8. The van der Waals surface area contributed by atoms with Gasteiger partial charge in [-0.2, -0.15) is 0 Å². The van der Waals surface area contributed by atoms with Gasteiger partial charge < -0.3 is 10.1 Å². The van der Waals surface area contributed by atoms with E-state index in [0.29, 0.717) is 5.25 Å². The van der Waals surface area contributed by atoms with Crippen molar-refractivity contribution >= 4 is 33.9 Å². The second-order valence-corrected chi connectivity index (χ2v) is 6.67. The maximum atomic E-state index is 5.28. The minimum atomic E-state index is 0.511. The molecule has 0 radical (unpaired) electrons. The molecule has 0 aliphatic heterocycles. The summed E-state index contributed by atoms with van der Waals surface area (Å²) in [5.74, 6) is 0.797. The van der Waals surface area contributed by atoms with Gasteiger partial charge in [0.05, 0.1) is 12.8 Å². The molecule has 0 bridgehead atoms. The lowest BCUT2D eigenvalue weighted by Gasteiger charge is -2.07. The molecule has 1 N–H and O–H groups in total. The van der Waals surface area contributed by atoms with Gasteiger partial charge in [0, 0.05) is 5.25 Å². The molecule has 1 aromatic heterocycles. The monoisotopic (exact) mass is 281 g/mol. The third-order valence-electron chi connectivity index (χ3n) is 2.09. The highest BCUT2D eigenvalue weighted by Gasteiger charge is 2.08. The Morgan fingerprint density at radius 2 is 2.06 bits per heavy atom. The number of nitrogens with zero attached hydrogens (tertiary/aromatic N) is 2. The van der Waals surface area contributed by atoms with Gasteiger partial charge in [-0.25, -0.2) is 0 Å². The molecule has 2 aromatic rings. The molecule has 96 valence electrons. The van der Waals surface area contributed by atoms with Crippen LogP contribution in [-0.4, -0.2) is 22.6 Å². The molecular formula is C12H15N3OS2. The number of hydrogen-bond acceptors (Lipinski definition) is 6. The lowest BCUT2D eigenvalue weighted by molar-refractivity contribution is 0.417. The molecule has 0 saturated heterocycles. The molecule has 0 spiro atoms. The topological polar surface area (TPSA) is 47.0 Å². The third-order valence-corrected chi connectivity index (χ3v) is 4.02. The highest BCUT2D eigenvalue weighted by Crippen LogP contribution is 2.32. The first-order chi connectivity index (χ1) is 8.69. The molecule has 0 aliphatic carbocycles. The van der Waals surface area contributed by atoms with Crippen molar-refractivity contribution in [2.75, 3.05) is 12.4 Å². The number of hydrogen-bond donors (Lipinski definition) is 1. The van der Waals surface area contributed by atoms with E-state index in [9.17, 15) is 0 Å². The fourth-order valence-electron chi connectivity index (χ4n) is 1.37. The van der Waals surface area contributed by atoms with Gasteiger partial charge in [-0.15, -0.1) is 10.2 Å². The second kappa shape index (κ2) is 6.06. The van der Waals surface area contributed by atoms with Crippen molar-refractivity contribution in [2.45, 2.75) is 23.4 Å². The Bertz CT molecular complexity index is 514. The van der Waals surface area contributed by atoms with Gasteiger partial charge in [0.2, 0.25) is 5.13 Å². The molecule has 6 heteroatoms. The highest BCUT2D eigenvalue weighted by molar-refractivity contribution is 8.01. The number of benzene rings is 1. The van der Waals surface area contributed by atoms with E-state index < -0.39 is 0 Å². The summed E-state index contributed by atoms with van der Waals surface area (Å²) < 4.78 is 6.25. The Morgan fingerprint density at radius 3 is 2.78 bits per heavy atom. The summed E-state index contributed by atoms with van der Waals surface area (Å²) in [6.07, 6.45) is 0. The number of para-hydroxylation sites is 2. The average molecular weight is 281 g/mol. The molecule has 0 unspecified atom stereocenters. The lowest BCUT2D eigenvalue weighted by atomic mass is 10.3. The summed E-state index contributed by atoms with van der Waals surface area (Å²) >= 11 is 3.26. The molecule has 1 heterocycles. The molecule has 0 saturated carbocycles. The summed E-state index contributed by atoms with van der Waals surface area (Å²) in [5.41, 5.74) is 0.900. The Hall–Kier alpha value is -1.27. The van der Waals surface area contributed by atoms with Gasteiger partial charge in [-0.05, 0) is 12.1 Å². The van der Waals surface area contributed by atoms with Crippen LogP contribution < -0.4 is 10.1 Å². The van der Waals surface area contributed by atoms with E-state index >= 15 is 0 Å². The molecular weight excluding hydrogens is 266 g/mol. The van der Waals surface area contributed by atoms with Gasteiger partial charge in [0.15, 0.2) is 4.34 Å².